The lowest BCUT2D eigenvalue weighted by Gasteiger charge is -2.13. The smallest absolute Gasteiger partial charge is 0.213 e. The highest BCUT2D eigenvalue weighted by molar-refractivity contribution is 5.71. The minimum atomic E-state index is 0.143. The zero-order valence-corrected chi connectivity index (χ0v) is 14.9. The average molecular weight is 362 g/mol. The van der Waals surface area contributed by atoms with Crippen LogP contribution in [0.2, 0.25) is 0 Å². The molecule has 2 heterocycles. The van der Waals surface area contributed by atoms with Gasteiger partial charge in [0.2, 0.25) is 5.95 Å². The number of fused-ring (bicyclic) bond motifs is 1. The maximum absolute atomic E-state index is 10.1. The number of nitrogens with one attached hydrogen (secondary N) is 1. The largest absolute Gasteiger partial charge is 0.506 e. The van der Waals surface area contributed by atoms with Crippen molar-refractivity contribution in [3.63, 3.8) is 0 Å². The van der Waals surface area contributed by atoms with Gasteiger partial charge in [-0.2, -0.15) is 0 Å². The number of aromatic hydroxyl groups is 1. The molecule has 0 aliphatic rings. The van der Waals surface area contributed by atoms with Crippen molar-refractivity contribution >= 4 is 17.3 Å². The molecule has 0 spiro atoms. The first kappa shape index (κ1) is 16.7. The summed E-state index contributed by atoms with van der Waals surface area (Å²) in [4.78, 5) is 9.09. The number of imidazole rings is 1. The lowest BCUT2D eigenvalue weighted by molar-refractivity contribution is 0.355. The summed E-state index contributed by atoms with van der Waals surface area (Å²) in [5.41, 5.74) is 2.86. The molecule has 7 heteroatoms. The van der Waals surface area contributed by atoms with Crippen molar-refractivity contribution in [2.45, 2.75) is 0 Å². The van der Waals surface area contributed by atoms with E-state index in [-0.39, 0.29) is 5.75 Å². The Labute approximate surface area is 155 Å². The summed E-state index contributed by atoms with van der Waals surface area (Å²) in [6, 6.07) is 14.5. The van der Waals surface area contributed by atoms with E-state index in [0.717, 1.165) is 11.2 Å². The zero-order chi connectivity index (χ0) is 18.8. The topological polar surface area (TPSA) is 80.9 Å². The molecule has 2 aromatic heterocycles. The van der Waals surface area contributed by atoms with Crippen LogP contribution in [0.3, 0.4) is 0 Å². The molecule has 0 aliphatic heterocycles. The lowest BCUT2D eigenvalue weighted by Crippen LogP contribution is -2.03. The first-order valence-corrected chi connectivity index (χ1v) is 8.31. The molecule has 7 nitrogen and oxygen atoms in total. The summed E-state index contributed by atoms with van der Waals surface area (Å²) < 4.78 is 12.5. The van der Waals surface area contributed by atoms with Crippen LogP contribution in [-0.4, -0.2) is 33.7 Å². The third-order valence-corrected chi connectivity index (χ3v) is 4.22. The van der Waals surface area contributed by atoms with E-state index in [4.69, 9.17) is 14.5 Å². The van der Waals surface area contributed by atoms with E-state index >= 15 is 0 Å². The van der Waals surface area contributed by atoms with Gasteiger partial charge in [0.1, 0.15) is 11.4 Å². The van der Waals surface area contributed by atoms with Crippen LogP contribution in [0.4, 0.5) is 11.6 Å². The number of hydrogen-bond donors (Lipinski definition) is 2. The van der Waals surface area contributed by atoms with E-state index in [0.29, 0.717) is 28.8 Å². The number of methoxy groups -OCH3 is 2. The molecule has 0 unspecified atom stereocenters. The fourth-order valence-electron chi connectivity index (χ4n) is 2.85. The Balaban J connectivity index is 1.82. The molecule has 0 fully saturated rings. The number of ether oxygens (including phenoxy) is 2. The van der Waals surface area contributed by atoms with Crippen LogP contribution < -0.4 is 14.8 Å². The predicted octanol–water partition coefficient (Wildman–Crippen LogP) is 3.86. The number of hydrogen-bond acceptors (Lipinski definition) is 6. The Kier molecular flexibility index (Phi) is 4.25. The molecule has 2 aromatic carbocycles. The summed E-state index contributed by atoms with van der Waals surface area (Å²) in [5.74, 6) is 1.95. The number of phenols is 1. The van der Waals surface area contributed by atoms with E-state index in [1.165, 1.54) is 0 Å². The standard InChI is InChI=1S/C20H18N4O3/c1-26-17-8-7-13(11-18(17)27-2)15-12-19-21-9-10-24(19)20(23-15)22-14-5-3-4-6-16(14)25/h3-12,25H,1-2H3,(H,22,23). The maximum atomic E-state index is 10.1. The quantitative estimate of drug-likeness (QED) is 0.525. The molecular formula is C20H18N4O3. The van der Waals surface area contributed by atoms with Gasteiger partial charge < -0.3 is 19.9 Å². The van der Waals surface area contributed by atoms with Gasteiger partial charge in [0.05, 0.1) is 25.6 Å². The van der Waals surface area contributed by atoms with Gasteiger partial charge >= 0.3 is 0 Å². The molecule has 4 aromatic rings. The number of nitrogens with zero attached hydrogens (tertiary/aromatic N) is 3. The van der Waals surface area contributed by atoms with Crippen molar-refractivity contribution in [2.24, 2.45) is 0 Å². The van der Waals surface area contributed by atoms with Gasteiger partial charge in [0, 0.05) is 24.0 Å². The second-order valence-corrected chi connectivity index (χ2v) is 5.83. The van der Waals surface area contributed by atoms with Crippen LogP contribution in [0.5, 0.6) is 17.2 Å². The van der Waals surface area contributed by atoms with Crippen LogP contribution >= 0.6 is 0 Å². The molecule has 0 bridgehead atoms. The highest BCUT2D eigenvalue weighted by atomic mass is 16.5. The molecule has 0 radical (unpaired) electrons. The van der Waals surface area contributed by atoms with Gasteiger partial charge in [-0.3, -0.25) is 4.40 Å². The Morgan fingerprint density at radius 1 is 1.00 bits per heavy atom. The number of aromatic nitrogens is 3. The van der Waals surface area contributed by atoms with Gasteiger partial charge in [0.25, 0.3) is 0 Å². The third kappa shape index (κ3) is 3.10. The van der Waals surface area contributed by atoms with Gasteiger partial charge in [-0.15, -0.1) is 0 Å². The zero-order valence-electron chi connectivity index (χ0n) is 14.9. The molecule has 0 aliphatic carbocycles. The number of anilines is 2. The predicted molar refractivity (Wildman–Crippen MR) is 103 cm³/mol. The average Bonchev–Trinajstić information content (AvgIpc) is 3.18. The Morgan fingerprint density at radius 2 is 1.81 bits per heavy atom. The fraction of sp³-hybridized carbons (Fsp3) is 0.100. The summed E-state index contributed by atoms with van der Waals surface area (Å²) in [6.07, 6.45) is 3.51. The van der Waals surface area contributed by atoms with Crippen molar-refractivity contribution < 1.29 is 14.6 Å². The molecule has 0 amide bonds. The summed E-state index contributed by atoms with van der Waals surface area (Å²) in [6.45, 7) is 0. The Morgan fingerprint density at radius 3 is 2.59 bits per heavy atom. The van der Waals surface area contributed by atoms with E-state index in [1.54, 1.807) is 38.6 Å². The SMILES string of the molecule is COc1ccc(-c2cc3nccn3c(Nc3ccccc3O)n2)cc1OC. The van der Waals surface area contributed by atoms with Crippen LogP contribution in [-0.2, 0) is 0 Å². The lowest BCUT2D eigenvalue weighted by atomic mass is 10.1. The summed E-state index contributed by atoms with van der Waals surface area (Å²) in [7, 11) is 3.19. The van der Waals surface area contributed by atoms with Crippen molar-refractivity contribution in [3.05, 3.63) is 60.9 Å². The molecule has 4 rings (SSSR count). The van der Waals surface area contributed by atoms with E-state index in [1.807, 2.05) is 40.9 Å². The van der Waals surface area contributed by atoms with E-state index in [2.05, 4.69) is 10.3 Å². The second kappa shape index (κ2) is 6.87. The van der Waals surface area contributed by atoms with Crippen LogP contribution in [0, 0.1) is 0 Å². The van der Waals surface area contributed by atoms with Crippen molar-refractivity contribution in [3.8, 4) is 28.5 Å². The van der Waals surface area contributed by atoms with Gasteiger partial charge in [-0.05, 0) is 30.3 Å². The first-order chi connectivity index (χ1) is 13.2. The van der Waals surface area contributed by atoms with E-state index in [9.17, 15) is 5.11 Å². The van der Waals surface area contributed by atoms with Gasteiger partial charge in [-0.25, -0.2) is 9.97 Å². The molecule has 27 heavy (non-hydrogen) atoms. The summed E-state index contributed by atoms with van der Waals surface area (Å²) >= 11 is 0. The maximum Gasteiger partial charge on any atom is 0.213 e. The molecule has 0 atom stereocenters. The summed E-state index contributed by atoms with van der Waals surface area (Å²) in [5, 5.41) is 13.2. The van der Waals surface area contributed by atoms with Crippen LogP contribution in [0.15, 0.2) is 60.9 Å². The Hall–Kier alpha value is -3.74. The molecule has 136 valence electrons. The molecule has 0 saturated heterocycles. The van der Waals surface area contributed by atoms with Crippen molar-refractivity contribution in [1.29, 1.82) is 0 Å². The molecular weight excluding hydrogens is 344 g/mol. The van der Waals surface area contributed by atoms with Gasteiger partial charge in [0.15, 0.2) is 11.5 Å². The van der Waals surface area contributed by atoms with Gasteiger partial charge in [-0.1, -0.05) is 12.1 Å². The van der Waals surface area contributed by atoms with Crippen molar-refractivity contribution in [2.75, 3.05) is 19.5 Å². The molecule has 0 saturated carbocycles. The minimum Gasteiger partial charge on any atom is -0.506 e. The number of phenolic OH excluding ortho intramolecular Hbond substituents is 1. The van der Waals surface area contributed by atoms with E-state index < -0.39 is 0 Å². The minimum absolute atomic E-state index is 0.143. The number of para-hydroxylation sites is 2. The monoisotopic (exact) mass is 362 g/mol. The van der Waals surface area contributed by atoms with Crippen LogP contribution in [0.1, 0.15) is 0 Å². The Bertz CT molecular complexity index is 1110. The fourth-order valence-corrected chi connectivity index (χ4v) is 2.85. The highest BCUT2D eigenvalue weighted by Crippen LogP contribution is 2.33. The molecule has 2 N–H and O–H groups in total. The first-order valence-electron chi connectivity index (χ1n) is 8.31. The van der Waals surface area contributed by atoms with Crippen molar-refractivity contribution in [1.82, 2.24) is 14.4 Å². The second-order valence-electron chi connectivity index (χ2n) is 5.83. The number of benzene rings is 2. The normalized spacial score (nSPS) is 10.7. The number of rotatable bonds is 5. The van der Waals surface area contributed by atoms with Crippen LogP contribution in [0.25, 0.3) is 16.9 Å². The third-order valence-electron chi connectivity index (χ3n) is 4.22. The highest BCUT2D eigenvalue weighted by Gasteiger charge is 2.12.